The lowest BCUT2D eigenvalue weighted by Gasteiger charge is -2.32. The Morgan fingerprint density at radius 3 is 2.67 bits per heavy atom. The fraction of sp³-hybridized carbons (Fsp3) is 0.429. The quantitative estimate of drug-likeness (QED) is 0.714. The van der Waals surface area contributed by atoms with Crippen LogP contribution in [0, 0.1) is 0 Å². The Balaban J connectivity index is 1.29. The van der Waals surface area contributed by atoms with Crippen molar-refractivity contribution in [2.24, 2.45) is 7.05 Å². The summed E-state index contributed by atoms with van der Waals surface area (Å²) in [4.78, 5) is 19.2. The zero-order valence-electron chi connectivity index (χ0n) is 15.5. The summed E-state index contributed by atoms with van der Waals surface area (Å²) in [5.74, 6) is 1.54. The second kappa shape index (κ2) is 6.44. The van der Waals surface area contributed by atoms with Gasteiger partial charge in [0.25, 0.3) is 5.56 Å². The first-order valence-electron chi connectivity index (χ1n) is 9.73. The van der Waals surface area contributed by atoms with Crippen LogP contribution in [0.15, 0.2) is 47.7 Å². The molecule has 140 valence electrons. The maximum Gasteiger partial charge on any atom is 0.293 e. The van der Waals surface area contributed by atoms with Crippen LogP contribution in [0.4, 0.5) is 5.82 Å². The summed E-state index contributed by atoms with van der Waals surface area (Å²) in [6, 6.07) is 8.68. The Hall–Kier alpha value is -2.76. The Morgan fingerprint density at radius 1 is 1.07 bits per heavy atom. The van der Waals surface area contributed by atoms with Gasteiger partial charge in [0, 0.05) is 63.0 Å². The van der Waals surface area contributed by atoms with Gasteiger partial charge in [0.2, 0.25) is 0 Å². The Kier molecular flexibility index (Phi) is 3.92. The van der Waals surface area contributed by atoms with Crippen molar-refractivity contribution in [2.75, 3.05) is 18.0 Å². The molecule has 6 nitrogen and oxygen atoms in total. The third-order valence-corrected chi connectivity index (χ3v) is 5.71. The molecule has 1 aliphatic carbocycles. The second-order valence-corrected chi connectivity index (χ2v) is 7.61. The lowest BCUT2D eigenvalue weighted by molar-refractivity contribution is 0.173. The molecule has 0 bridgehead atoms. The molecule has 1 aliphatic heterocycles. The zero-order chi connectivity index (χ0) is 18.4. The molecule has 6 heteroatoms. The Morgan fingerprint density at radius 2 is 1.89 bits per heavy atom. The van der Waals surface area contributed by atoms with Crippen LogP contribution in [0.1, 0.15) is 31.7 Å². The van der Waals surface area contributed by atoms with Gasteiger partial charge in [-0.1, -0.05) is 6.07 Å². The lowest BCUT2D eigenvalue weighted by atomic mass is 10.1. The fourth-order valence-corrected chi connectivity index (χ4v) is 4.01. The number of piperidine rings is 1. The van der Waals surface area contributed by atoms with Crippen molar-refractivity contribution in [3.05, 3.63) is 53.2 Å². The smallest absolute Gasteiger partial charge is 0.293 e. The summed E-state index contributed by atoms with van der Waals surface area (Å²) in [5, 5.41) is 1.15. The van der Waals surface area contributed by atoms with Gasteiger partial charge in [-0.05, 0) is 31.0 Å². The Labute approximate surface area is 158 Å². The first-order valence-corrected chi connectivity index (χ1v) is 9.73. The predicted molar refractivity (Wildman–Crippen MR) is 106 cm³/mol. The van der Waals surface area contributed by atoms with E-state index >= 15 is 0 Å². The van der Waals surface area contributed by atoms with Gasteiger partial charge in [-0.15, -0.1) is 0 Å². The van der Waals surface area contributed by atoms with E-state index in [0.717, 1.165) is 49.9 Å². The van der Waals surface area contributed by atoms with Crippen molar-refractivity contribution < 1.29 is 4.74 Å². The van der Waals surface area contributed by atoms with Gasteiger partial charge in [0.05, 0.1) is 5.52 Å². The topological polar surface area (TPSA) is 52.3 Å². The van der Waals surface area contributed by atoms with E-state index in [4.69, 9.17) is 4.74 Å². The highest BCUT2D eigenvalue weighted by atomic mass is 16.5. The second-order valence-electron chi connectivity index (χ2n) is 7.61. The average molecular weight is 364 g/mol. The molecule has 5 rings (SSSR count). The molecular formula is C21H24N4O2. The summed E-state index contributed by atoms with van der Waals surface area (Å²) in [7, 11) is 2.05. The van der Waals surface area contributed by atoms with Gasteiger partial charge < -0.3 is 18.8 Å². The number of aromatic nitrogens is 3. The monoisotopic (exact) mass is 364 g/mol. The number of aryl methyl sites for hydroxylation is 1. The molecular weight excluding hydrogens is 340 g/mol. The lowest BCUT2D eigenvalue weighted by Crippen LogP contribution is -2.42. The van der Waals surface area contributed by atoms with Gasteiger partial charge in [0.15, 0.2) is 5.82 Å². The van der Waals surface area contributed by atoms with E-state index in [1.54, 1.807) is 6.20 Å². The first kappa shape index (κ1) is 16.4. The number of hydrogen-bond acceptors (Lipinski definition) is 4. The maximum absolute atomic E-state index is 12.7. The molecule has 0 N–H and O–H groups in total. The van der Waals surface area contributed by atoms with Crippen molar-refractivity contribution in [1.29, 1.82) is 0 Å². The highest BCUT2D eigenvalue weighted by molar-refractivity contribution is 5.86. The SMILES string of the molecule is Cn1ccc2c(OC3CCN(c4nccn(C5CC5)c4=O)CC3)cccc21. The van der Waals surface area contributed by atoms with E-state index in [0.29, 0.717) is 11.9 Å². The third kappa shape index (κ3) is 2.99. The summed E-state index contributed by atoms with van der Waals surface area (Å²) in [5.41, 5.74) is 1.23. The third-order valence-electron chi connectivity index (χ3n) is 5.71. The zero-order valence-corrected chi connectivity index (χ0v) is 15.5. The molecule has 0 unspecified atom stereocenters. The van der Waals surface area contributed by atoms with Crippen molar-refractivity contribution in [1.82, 2.24) is 14.1 Å². The van der Waals surface area contributed by atoms with Crippen molar-refractivity contribution in [3.63, 3.8) is 0 Å². The minimum atomic E-state index is 0.0495. The standard InChI is InChI=1S/C21H24N4O2/c1-23-11-9-17-18(23)3-2-4-19(17)27-16-7-12-24(13-8-16)20-21(26)25(14-10-22-20)15-5-6-15/h2-4,9-11,14-16H,5-8,12-13H2,1H3. The molecule has 0 spiro atoms. The highest BCUT2D eigenvalue weighted by Crippen LogP contribution is 2.33. The van der Waals surface area contributed by atoms with Crippen molar-refractivity contribution in [3.8, 4) is 5.75 Å². The van der Waals surface area contributed by atoms with E-state index < -0.39 is 0 Å². The first-order chi connectivity index (χ1) is 13.2. The van der Waals surface area contributed by atoms with Crippen LogP contribution >= 0.6 is 0 Å². The molecule has 27 heavy (non-hydrogen) atoms. The largest absolute Gasteiger partial charge is 0.490 e. The molecule has 2 aromatic heterocycles. The van der Waals surface area contributed by atoms with Crippen LogP contribution in [0.5, 0.6) is 5.75 Å². The normalized spacial score (nSPS) is 18.2. The molecule has 2 aliphatic rings. The number of fused-ring (bicyclic) bond motifs is 1. The minimum Gasteiger partial charge on any atom is -0.490 e. The van der Waals surface area contributed by atoms with E-state index in [1.165, 1.54) is 5.52 Å². The van der Waals surface area contributed by atoms with E-state index in [9.17, 15) is 4.79 Å². The number of nitrogens with zero attached hydrogens (tertiary/aromatic N) is 4. The maximum atomic E-state index is 12.7. The molecule has 2 fully saturated rings. The van der Waals surface area contributed by atoms with Gasteiger partial charge in [-0.25, -0.2) is 4.98 Å². The van der Waals surface area contributed by atoms with E-state index in [1.807, 2.05) is 29.9 Å². The van der Waals surface area contributed by atoms with Crippen LogP contribution in [0.3, 0.4) is 0 Å². The highest BCUT2D eigenvalue weighted by Gasteiger charge is 2.28. The van der Waals surface area contributed by atoms with Gasteiger partial charge in [0.1, 0.15) is 11.9 Å². The van der Waals surface area contributed by atoms with Crippen molar-refractivity contribution in [2.45, 2.75) is 37.8 Å². The summed E-state index contributed by atoms with van der Waals surface area (Å²) >= 11 is 0. The molecule has 3 aromatic rings. The molecule has 1 aromatic carbocycles. The van der Waals surface area contributed by atoms with E-state index in [-0.39, 0.29) is 11.7 Å². The number of ether oxygens (including phenoxy) is 1. The van der Waals surface area contributed by atoms with Crippen LogP contribution in [0.25, 0.3) is 10.9 Å². The van der Waals surface area contributed by atoms with Gasteiger partial charge >= 0.3 is 0 Å². The molecule has 0 atom stereocenters. The summed E-state index contributed by atoms with van der Waals surface area (Å²) < 4.78 is 10.3. The molecule has 0 amide bonds. The molecule has 3 heterocycles. The molecule has 1 saturated carbocycles. The van der Waals surface area contributed by atoms with Gasteiger partial charge in [-0.3, -0.25) is 4.79 Å². The Bertz CT molecular complexity index is 1030. The average Bonchev–Trinajstić information content (AvgIpc) is 3.46. The fourth-order valence-electron chi connectivity index (χ4n) is 4.01. The van der Waals surface area contributed by atoms with Gasteiger partial charge in [-0.2, -0.15) is 0 Å². The summed E-state index contributed by atoms with van der Waals surface area (Å²) in [6.45, 7) is 1.60. The van der Waals surface area contributed by atoms with E-state index in [2.05, 4.69) is 32.8 Å². The minimum absolute atomic E-state index is 0.0495. The number of hydrogen-bond donors (Lipinski definition) is 0. The van der Waals surface area contributed by atoms with Crippen LogP contribution in [-0.2, 0) is 7.05 Å². The number of rotatable bonds is 4. The number of benzene rings is 1. The summed E-state index contributed by atoms with van der Waals surface area (Å²) in [6.07, 6.45) is 9.79. The molecule has 1 saturated heterocycles. The predicted octanol–water partition coefficient (Wildman–Crippen LogP) is 3.12. The van der Waals surface area contributed by atoms with Crippen LogP contribution in [0.2, 0.25) is 0 Å². The van der Waals surface area contributed by atoms with Crippen LogP contribution in [-0.4, -0.2) is 33.3 Å². The van der Waals surface area contributed by atoms with Crippen LogP contribution < -0.4 is 15.2 Å². The molecule has 0 radical (unpaired) electrons. The van der Waals surface area contributed by atoms with Crippen molar-refractivity contribution >= 4 is 16.7 Å². The number of anilines is 1.